The summed E-state index contributed by atoms with van der Waals surface area (Å²) in [6, 6.07) is 3.55. The molecule has 0 spiro atoms. The fraction of sp³-hybridized carbons (Fsp3) is 0. The van der Waals surface area contributed by atoms with Gasteiger partial charge >= 0.3 is 0 Å². The number of sulfonamides is 1. The third-order valence-corrected chi connectivity index (χ3v) is 3.80. The minimum absolute atomic E-state index is 0.181. The van der Waals surface area contributed by atoms with Gasteiger partial charge in [-0.3, -0.25) is 0 Å². The standard InChI is InChI=1S/C11H7F2N5O2S/c12-7-4-8(13)6-9(5-7)21(19,20)17-10-15-11-14-2-1-3-18(11)16-10/h1-6H,(H,16,17). The number of rotatable bonds is 3. The van der Waals surface area contributed by atoms with E-state index in [2.05, 4.69) is 15.1 Å². The number of hydrogen-bond acceptors (Lipinski definition) is 5. The molecule has 0 fully saturated rings. The van der Waals surface area contributed by atoms with E-state index in [0.717, 1.165) is 0 Å². The maximum atomic E-state index is 13.1. The number of nitrogens with one attached hydrogen (secondary N) is 1. The molecule has 0 aliphatic carbocycles. The zero-order chi connectivity index (χ0) is 15.0. The Bertz CT molecular complexity index is 872. The van der Waals surface area contributed by atoms with Crippen molar-refractivity contribution >= 4 is 21.7 Å². The fourth-order valence-electron chi connectivity index (χ4n) is 1.64. The molecule has 7 nitrogen and oxygen atoms in total. The lowest BCUT2D eigenvalue weighted by Gasteiger charge is -2.04. The summed E-state index contributed by atoms with van der Waals surface area (Å²) >= 11 is 0. The minimum Gasteiger partial charge on any atom is -0.246 e. The normalized spacial score (nSPS) is 11.7. The van der Waals surface area contributed by atoms with Gasteiger partial charge in [-0.15, -0.1) is 5.10 Å². The average Bonchev–Trinajstić information content (AvgIpc) is 2.78. The molecule has 0 aliphatic heterocycles. The maximum absolute atomic E-state index is 13.1. The summed E-state index contributed by atoms with van der Waals surface area (Å²) in [7, 11) is -4.20. The summed E-state index contributed by atoms with van der Waals surface area (Å²) < 4.78 is 53.5. The maximum Gasteiger partial charge on any atom is 0.264 e. The van der Waals surface area contributed by atoms with Crippen molar-refractivity contribution in [3.05, 3.63) is 48.3 Å². The van der Waals surface area contributed by atoms with E-state index in [4.69, 9.17) is 0 Å². The summed E-state index contributed by atoms with van der Waals surface area (Å²) in [5.41, 5.74) is 0. The molecule has 21 heavy (non-hydrogen) atoms. The van der Waals surface area contributed by atoms with Crippen LogP contribution >= 0.6 is 0 Å². The molecular weight excluding hydrogens is 304 g/mol. The van der Waals surface area contributed by atoms with E-state index in [1.165, 1.54) is 16.9 Å². The predicted octanol–water partition coefficient (Wildman–Crippen LogP) is 1.20. The second-order valence-corrected chi connectivity index (χ2v) is 5.69. The first-order valence-electron chi connectivity index (χ1n) is 5.60. The van der Waals surface area contributed by atoms with E-state index < -0.39 is 26.6 Å². The van der Waals surface area contributed by atoms with Crippen LogP contribution in [0.5, 0.6) is 0 Å². The van der Waals surface area contributed by atoms with Gasteiger partial charge in [-0.25, -0.2) is 31.4 Å². The van der Waals surface area contributed by atoms with Gasteiger partial charge < -0.3 is 0 Å². The Morgan fingerprint density at radius 1 is 1.14 bits per heavy atom. The van der Waals surface area contributed by atoms with Crippen molar-refractivity contribution in [3.63, 3.8) is 0 Å². The molecule has 10 heteroatoms. The van der Waals surface area contributed by atoms with Crippen LogP contribution in [0.4, 0.5) is 14.7 Å². The SMILES string of the molecule is O=S(=O)(Nc1nc2ncccn2n1)c1cc(F)cc(F)c1. The number of hydrogen-bond donors (Lipinski definition) is 1. The highest BCUT2D eigenvalue weighted by Crippen LogP contribution is 2.16. The molecule has 0 aliphatic rings. The summed E-state index contributed by atoms with van der Waals surface area (Å²) in [5, 5.41) is 3.83. The third kappa shape index (κ3) is 2.65. The molecule has 3 aromatic rings. The summed E-state index contributed by atoms with van der Waals surface area (Å²) in [4.78, 5) is 7.14. The monoisotopic (exact) mass is 311 g/mol. The van der Waals surface area contributed by atoms with Crippen LogP contribution in [0.25, 0.3) is 5.78 Å². The predicted molar refractivity (Wildman–Crippen MR) is 67.9 cm³/mol. The Balaban J connectivity index is 1.98. The van der Waals surface area contributed by atoms with E-state index >= 15 is 0 Å². The van der Waals surface area contributed by atoms with Crippen LogP contribution in [0.3, 0.4) is 0 Å². The quantitative estimate of drug-likeness (QED) is 0.785. The second-order valence-electron chi connectivity index (χ2n) is 4.01. The van der Waals surface area contributed by atoms with Crippen LogP contribution in [0.1, 0.15) is 0 Å². The fourth-order valence-corrected chi connectivity index (χ4v) is 2.62. The van der Waals surface area contributed by atoms with Crippen molar-refractivity contribution in [3.8, 4) is 0 Å². The molecule has 1 aromatic carbocycles. The first kappa shape index (κ1) is 13.4. The highest BCUT2D eigenvalue weighted by molar-refractivity contribution is 7.92. The molecule has 0 radical (unpaired) electrons. The molecule has 0 atom stereocenters. The summed E-state index contributed by atoms with van der Waals surface area (Å²) in [5.74, 6) is -2.07. The first-order chi connectivity index (χ1) is 9.94. The first-order valence-corrected chi connectivity index (χ1v) is 7.09. The molecule has 0 saturated heterocycles. The lowest BCUT2D eigenvalue weighted by Crippen LogP contribution is -2.14. The van der Waals surface area contributed by atoms with E-state index in [9.17, 15) is 17.2 Å². The van der Waals surface area contributed by atoms with Crippen LogP contribution in [-0.4, -0.2) is 28.0 Å². The van der Waals surface area contributed by atoms with E-state index in [1.54, 1.807) is 6.07 Å². The van der Waals surface area contributed by atoms with Crippen molar-refractivity contribution in [2.24, 2.45) is 0 Å². The van der Waals surface area contributed by atoms with Crippen molar-refractivity contribution in [1.29, 1.82) is 0 Å². The van der Waals surface area contributed by atoms with Gasteiger partial charge in [-0.05, 0) is 18.2 Å². The number of benzene rings is 1. The number of anilines is 1. The third-order valence-electron chi connectivity index (χ3n) is 2.49. The van der Waals surface area contributed by atoms with Crippen molar-refractivity contribution in [2.75, 3.05) is 4.72 Å². The van der Waals surface area contributed by atoms with Gasteiger partial charge in [0, 0.05) is 18.5 Å². The highest BCUT2D eigenvalue weighted by Gasteiger charge is 2.19. The lowest BCUT2D eigenvalue weighted by molar-refractivity contribution is 0.568. The zero-order valence-electron chi connectivity index (χ0n) is 10.2. The lowest BCUT2D eigenvalue weighted by atomic mass is 10.3. The number of nitrogens with zero attached hydrogens (tertiary/aromatic N) is 4. The molecule has 108 valence electrons. The molecule has 3 rings (SSSR count). The van der Waals surface area contributed by atoms with Crippen LogP contribution in [0, 0.1) is 11.6 Å². The van der Waals surface area contributed by atoms with E-state index in [0.29, 0.717) is 18.2 Å². The van der Waals surface area contributed by atoms with Crippen LogP contribution in [0.2, 0.25) is 0 Å². The van der Waals surface area contributed by atoms with Gasteiger partial charge in [0.1, 0.15) is 11.6 Å². The minimum atomic E-state index is -4.20. The molecule has 1 N–H and O–H groups in total. The Hall–Kier alpha value is -2.62. The van der Waals surface area contributed by atoms with E-state index in [-0.39, 0.29) is 11.7 Å². The summed E-state index contributed by atoms with van der Waals surface area (Å²) in [6.45, 7) is 0. The van der Waals surface area contributed by atoms with Gasteiger partial charge in [-0.1, -0.05) is 0 Å². The van der Waals surface area contributed by atoms with Gasteiger partial charge in [0.2, 0.25) is 0 Å². The molecule has 2 aromatic heterocycles. The molecular formula is C11H7F2N5O2S. The van der Waals surface area contributed by atoms with Gasteiger partial charge in [0.05, 0.1) is 4.90 Å². The Morgan fingerprint density at radius 3 is 2.52 bits per heavy atom. The van der Waals surface area contributed by atoms with E-state index in [1.807, 2.05) is 4.72 Å². The molecule has 0 amide bonds. The molecule has 2 heterocycles. The number of fused-ring (bicyclic) bond motifs is 1. The Morgan fingerprint density at radius 2 is 1.86 bits per heavy atom. The van der Waals surface area contributed by atoms with Gasteiger partial charge in [0.25, 0.3) is 21.7 Å². The summed E-state index contributed by atoms with van der Waals surface area (Å²) in [6.07, 6.45) is 2.99. The topological polar surface area (TPSA) is 89.2 Å². The van der Waals surface area contributed by atoms with Crippen LogP contribution < -0.4 is 4.72 Å². The highest BCUT2D eigenvalue weighted by atomic mass is 32.2. The molecule has 0 saturated carbocycles. The number of halogens is 2. The average molecular weight is 311 g/mol. The van der Waals surface area contributed by atoms with Crippen molar-refractivity contribution in [1.82, 2.24) is 19.6 Å². The Labute approximate surface area is 117 Å². The van der Waals surface area contributed by atoms with Crippen LogP contribution in [0.15, 0.2) is 41.6 Å². The van der Waals surface area contributed by atoms with Crippen molar-refractivity contribution < 1.29 is 17.2 Å². The Kier molecular flexibility index (Phi) is 3.01. The van der Waals surface area contributed by atoms with Gasteiger partial charge in [-0.2, -0.15) is 4.98 Å². The smallest absolute Gasteiger partial charge is 0.246 e. The number of aromatic nitrogens is 4. The van der Waals surface area contributed by atoms with Crippen LogP contribution in [-0.2, 0) is 10.0 Å². The molecule has 0 bridgehead atoms. The van der Waals surface area contributed by atoms with Gasteiger partial charge in [0.15, 0.2) is 0 Å². The zero-order valence-corrected chi connectivity index (χ0v) is 11.1. The van der Waals surface area contributed by atoms with Crippen molar-refractivity contribution in [2.45, 2.75) is 4.90 Å². The second kappa shape index (κ2) is 4.74. The molecule has 0 unspecified atom stereocenters. The largest absolute Gasteiger partial charge is 0.264 e.